The standard InChI is InChI=1S/C10H13N3O2S/c1-2-3-6-16(14,15)8-4-5-9-10(7-8)12-13-11-9/h4-5,7H,2-3,6H2,1H3,(H,11,12,13). The van der Waals surface area contributed by atoms with Crippen molar-refractivity contribution < 1.29 is 8.42 Å². The van der Waals surface area contributed by atoms with Crippen LogP contribution in [0.5, 0.6) is 0 Å². The molecule has 86 valence electrons. The molecule has 0 atom stereocenters. The minimum atomic E-state index is -3.17. The molecule has 2 aromatic rings. The fourth-order valence-corrected chi connectivity index (χ4v) is 2.94. The molecule has 0 aliphatic carbocycles. The molecule has 0 aliphatic heterocycles. The lowest BCUT2D eigenvalue weighted by Gasteiger charge is -2.02. The van der Waals surface area contributed by atoms with Crippen molar-refractivity contribution in [3.05, 3.63) is 18.2 Å². The van der Waals surface area contributed by atoms with E-state index in [1.54, 1.807) is 18.2 Å². The number of rotatable bonds is 4. The van der Waals surface area contributed by atoms with Gasteiger partial charge in [-0.2, -0.15) is 15.4 Å². The largest absolute Gasteiger partial charge is 0.224 e. The highest BCUT2D eigenvalue weighted by molar-refractivity contribution is 7.91. The van der Waals surface area contributed by atoms with Crippen LogP contribution in [0.15, 0.2) is 23.1 Å². The van der Waals surface area contributed by atoms with Crippen LogP contribution in [0.3, 0.4) is 0 Å². The van der Waals surface area contributed by atoms with E-state index in [0.29, 0.717) is 22.3 Å². The molecule has 0 amide bonds. The zero-order chi connectivity index (χ0) is 11.6. The van der Waals surface area contributed by atoms with E-state index >= 15 is 0 Å². The molecule has 0 fully saturated rings. The number of benzene rings is 1. The van der Waals surface area contributed by atoms with Crippen molar-refractivity contribution in [3.8, 4) is 0 Å². The van der Waals surface area contributed by atoms with Crippen LogP contribution in [-0.2, 0) is 9.84 Å². The van der Waals surface area contributed by atoms with Crippen LogP contribution in [0, 0.1) is 0 Å². The Morgan fingerprint density at radius 2 is 2.00 bits per heavy atom. The Bertz CT molecular complexity index is 589. The van der Waals surface area contributed by atoms with E-state index < -0.39 is 9.84 Å². The van der Waals surface area contributed by atoms with Crippen molar-refractivity contribution in [1.29, 1.82) is 0 Å². The van der Waals surface area contributed by atoms with Crippen molar-refractivity contribution in [1.82, 2.24) is 15.4 Å². The molecule has 0 aliphatic rings. The number of H-pyrrole nitrogens is 1. The summed E-state index contributed by atoms with van der Waals surface area (Å²) in [5, 5.41) is 10.2. The minimum Gasteiger partial charge on any atom is -0.224 e. The molecule has 1 N–H and O–H groups in total. The third-order valence-electron chi connectivity index (χ3n) is 2.41. The van der Waals surface area contributed by atoms with Gasteiger partial charge in [0.1, 0.15) is 11.0 Å². The van der Waals surface area contributed by atoms with Gasteiger partial charge in [-0.25, -0.2) is 8.42 Å². The predicted molar refractivity (Wildman–Crippen MR) is 60.8 cm³/mol. The van der Waals surface area contributed by atoms with E-state index in [2.05, 4.69) is 15.4 Å². The third-order valence-corrected chi connectivity index (χ3v) is 4.21. The van der Waals surface area contributed by atoms with E-state index in [9.17, 15) is 8.42 Å². The summed E-state index contributed by atoms with van der Waals surface area (Å²) in [6.45, 7) is 1.97. The summed E-state index contributed by atoms with van der Waals surface area (Å²) in [5.74, 6) is 0.187. The molecule has 0 saturated heterocycles. The Morgan fingerprint density at radius 1 is 1.25 bits per heavy atom. The molecule has 0 bridgehead atoms. The number of nitrogens with one attached hydrogen (secondary N) is 1. The molecule has 16 heavy (non-hydrogen) atoms. The van der Waals surface area contributed by atoms with Crippen LogP contribution in [-0.4, -0.2) is 29.6 Å². The summed E-state index contributed by atoms with van der Waals surface area (Å²) in [6.07, 6.45) is 1.55. The van der Waals surface area contributed by atoms with Gasteiger partial charge in [-0.15, -0.1) is 0 Å². The van der Waals surface area contributed by atoms with Crippen molar-refractivity contribution in [3.63, 3.8) is 0 Å². The van der Waals surface area contributed by atoms with Crippen LogP contribution in [0.1, 0.15) is 19.8 Å². The average Bonchev–Trinajstić information content (AvgIpc) is 2.73. The Hall–Kier alpha value is -1.43. The Morgan fingerprint density at radius 3 is 2.75 bits per heavy atom. The molecular formula is C10H13N3O2S. The van der Waals surface area contributed by atoms with Gasteiger partial charge in [0.25, 0.3) is 0 Å². The normalized spacial score (nSPS) is 12.1. The summed E-state index contributed by atoms with van der Waals surface area (Å²) in [7, 11) is -3.17. The number of fused-ring (bicyclic) bond motifs is 1. The summed E-state index contributed by atoms with van der Waals surface area (Å²) in [6, 6.07) is 4.80. The fourth-order valence-electron chi connectivity index (χ4n) is 1.47. The van der Waals surface area contributed by atoms with Crippen molar-refractivity contribution in [2.45, 2.75) is 24.7 Å². The summed E-state index contributed by atoms with van der Waals surface area (Å²) in [4.78, 5) is 0.322. The highest BCUT2D eigenvalue weighted by atomic mass is 32.2. The zero-order valence-electron chi connectivity index (χ0n) is 8.97. The van der Waals surface area contributed by atoms with E-state index in [0.717, 1.165) is 6.42 Å². The molecule has 0 spiro atoms. The van der Waals surface area contributed by atoms with Crippen LogP contribution in [0.25, 0.3) is 11.0 Å². The molecule has 2 rings (SSSR count). The lowest BCUT2D eigenvalue weighted by Crippen LogP contribution is -2.06. The first kappa shape index (κ1) is 11.1. The lowest BCUT2D eigenvalue weighted by molar-refractivity contribution is 0.593. The van der Waals surface area contributed by atoms with Gasteiger partial charge < -0.3 is 0 Å². The second-order valence-electron chi connectivity index (χ2n) is 3.65. The molecule has 1 aromatic heterocycles. The Labute approximate surface area is 93.8 Å². The number of hydrogen-bond donors (Lipinski definition) is 1. The van der Waals surface area contributed by atoms with E-state index in [-0.39, 0.29) is 5.75 Å². The monoisotopic (exact) mass is 239 g/mol. The van der Waals surface area contributed by atoms with Gasteiger partial charge in [-0.1, -0.05) is 13.3 Å². The lowest BCUT2D eigenvalue weighted by atomic mass is 10.3. The summed E-state index contributed by atoms with van der Waals surface area (Å²) in [5.41, 5.74) is 1.26. The predicted octanol–water partition coefficient (Wildman–Crippen LogP) is 1.53. The number of nitrogens with zero attached hydrogens (tertiary/aromatic N) is 2. The van der Waals surface area contributed by atoms with Crippen LogP contribution in [0.2, 0.25) is 0 Å². The summed E-state index contributed by atoms with van der Waals surface area (Å²) < 4.78 is 23.8. The smallest absolute Gasteiger partial charge is 0.178 e. The maximum atomic E-state index is 11.9. The second kappa shape index (κ2) is 4.21. The van der Waals surface area contributed by atoms with E-state index in [1.165, 1.54) is 0 Å². The van der Waals surface area contributed by atoms with Crippen molar-refractivity contribution >= 4 is 20.9 Å². The quantitative estimate of drug-likeness (QED) is 0.877. The van der Waals surface area contributed by atoms with Gasteiger partial charge in [-0.05, 0) is 24.6 Å². The highest BCUT2D eigenvalue weighted by Gasteiger charge is 2.14. The van der Waals surface area contributed by atoms with E-state index in [4.69, 9.17) is 0 Å². The van der Waals surface area contributed by atoms with Gasteiger partial charge >= 0.3 is 0 Å². The second-order valence-corrected chi connectivity index (χ2v) is 5.76. The maximum absolute atomic E-state index is 11.9. The third kappa shape index (κ3) is 2.06. The minimum absolute atomic E-state index is 0.187. The van der Waals surface area contributed by atoms with Gasteiger partial charge in [0.15, 0.2) is 9.84 Å². The van der Waals surface area contributed by atoms with Crippen LogP contribution < -0.4 is 0 Å². The Kier molecular flexibility index (Phi) is 2.91. The first-order valence-electron chi connectivity index (χ1n) is 5.17. The first-order valence-corrected chi connectivity index (χ1v) is 6.82. The fraction of sp³-hybridized carbons (Fsp3) is 0.400. The molecule has 1 aromatic carbocycles. The van der Waals surface area contributed by atoms with Crippen LogP contribution in [0.4, 0.5) is 0 Å². The SMILES string of the molecule is CCCCS(=O)(=O)c1ccc2n[nH]nc2c1. The van der Waals surface area contributed by atoms with E-state index in [1.807, 2.05) is 6.92 Å². The number of aromatic nitrogens is 3. The summed E-state index contributed by atoms with van der Waals surface area (Å²) >= 11 is 0. The van der Waals surface area contributed by atoms with Gasteiger partial charge in [0, 0.05) is 0 Å². The maximum Gasteiger partial charge on any atom is 0.178 e. The number of aromatic amines is 1. The van der Waals surface area contributed by atoms with Gasteiger partial charge in [0.05, 0.1) is 10.6 Å². The first-order chi connectivity index (χ1) is 7.63. The number of unbranched alkanes of at least 4 members (excludes halogenated alkanes) is 1. The Balaban J connectivity index is 2.39. The molecular weight excluding hydrogens is 226 g/mol. The zero-order valence-corrected chi connectivity index (χ0v) is 9.79. The van der Waals surface area contributed by atoms with Crippen LogP contribution >= 0.6 is 0 Å². The number of hydrogen-bond acceptors (Lipinski definition) is 4. The topological polar surface area (TPSA) is 75.7 Å². The van der Waals surface area contributed by atoms with Crippen molar-refractivity contribution in [2.75, 3.05) is 5.75 Å². The van der Waals surface area contributed by atoms with Gasteiger partial charge in [-0.3, -0.25) is 0 Å². The average molecular weight is 239 g/mol. The molecule has 5 nitrogen and oxygen atoms in total. The van der Waals surface area contributed by atoms with Gasteiger partial charge in [0.2, 0.25) is 0 Å². The molecule has 0 saturated carbocycles. The molecule has 0 unspecified atom stereocenters. The number of sulfone groups is 1. The van der Waals surface area contributed by atoms with Crippen molar-refractivity contribution in [2.24, 2.45) is 0 Å². The highest BCUT2D eigenvalue weighted by Crippen LogP contribution is 2.17. The molecule has 1 heterocycles. The molecule has 6 heteroatoms. The molecule has 0 radical (unpaired) electrons.